The molecule has 0 aromatic heterocycles. The molecule has 1 saturated heterocycles. The monoisotopic (exact) mass is 335 g/mol. The number of para-hydroxylation sites is 1. The van der Waals surface area contributed by atoms with Crippen molar-refractivity contribution in [2.45, 2.75) is 38.8 Å². The van der Waals surface area contributed by atoms with Crippen LogP contribution in [0.25, 0.3) is 0 Å². The zero-order valence-corrected chi connectivity index (χ0v) is 14.3. The number of urea groups is 1. The minimum atomic E-state index is -0.374. The summed E-state index contributed by atoms with van der Waals surface area (Å²) in [5, 5.41) is 8.36. The van der Waals surface area contributed by atoms with Crippen LogP contribution in [0.2, 0.25) is 0 Å². The molecule has 1 aliphatic rings. The summed E-state index contributed by atoms with van der Waals surface area (Å²) < 4.78 is 10.5. The van der Waals surface area contributed by atoms with Gasteiger partial charge in [0.25, 0.3) is 5.91 Å². The third-order valence-corrected chi connectivity index (χ3v) is 3.37. The van der Waals surface area contributed by atoms with Gasteiger partial charge in [-0.2, -0.15) is 0 Å². The Kier molecular flexibility index (Phi) is 6.16. The molecule has 7 heteroatoms. The molecular formula is C17H25N3O4. The third kappa shape index (κ3) is 5.82. The maximum atomic E-state index is 12.4. The number of ether oxygens (including phenoxy) is 2. The highest BCUT2D eigenvalue weighted by atomic mass is 16.7. The van der Waals surface area contributed by atoms with Crippen LogP contribution in [0.5, 0.6) is 0 Å². The maximum Gasteiger partial charge on any atom is 0.319 e. The predicted octanol–water partition coefficient (Wildman–Crippen LogP) is 2.10. The largest absolute Gasteiger partial charge is 0.355 e. The van der Waals surface area contributed by atoms with Gasteiger partial charge < -0.3 is 25.4 Å². The number of nitrogens with one attached hydrogen (secondary N) is 3. The van der Waals surface area contributed by atoms with Crippen LogP contribution in [0.4, 0.5) is 10.5 Å². The highest BCUT2D eigenvalue weighted by Crippen LogP contribution is 2.16. The van der Waals surface area contributed by atoms with Gasteiger partial charge >= 0.3 is 6.03 Å². The molecule has 7 nitrogen and oxygen atoms in total. The lowest BCUT2D eigenvalue weighted by Crippen LogP contribution is -2.41. The SMILES string of the molecule is CC(C)(C)NC(=O)c1ccccc1NC(=O)NC[C@H]1CCOCO1. The van der Waals surface area contributed by atoms with Crippen molar-refractivity contribution in [3.8, 4) is 0 Å². The summed E-state index contributed by atoms with van der Waals surface area (Å²) in [5.74, 6) is -0.230. The molecule has 1 heterocycles. The van der Waals surface area contributed by atoms with Crippen LogP contribution < -0.4 is 16.0 Å². The van der Waals surface area contributed by atoms with E-state index >= 15 is 0 Å². The molecule has 1 fully saturated rings. The van der Waals surface area contributed by atoms with Gasteiger partial charge in [-0.15, -0.1) is 0 Å². The van der Waals surface area contributed by atoms with Gasteiger partial charge in [-0.3, -0.25) is 4.79 Å². The van der Waals surface area contributed by atoms with Gasteiger partial charge in [0.15, 0.2) is 0 Å². The fourth-order valence-corrected chi connectivity index (χ4v) is 2.23. The topological polar surface area (TPSA) is 88.7 Å². The van der Waals surface area contributed by atoms with E-state index in [1.54, 1.807) is 24.3 Å². The van der Waals surface area contributed by atoms with E-state index in [4.69, 9.17) is 9.47 Å². The van der Waals surface area contributed by atoms with Crippen molar-refractivity contribution in [3.63, 3.8) is 0 Å². The van der Waals surface area contributed by atoms with Crippen molar-refractivity contribution in [2.24, 2.45) is 0 Å². The van der Waals surface area contributed by atoms with E-state index in [2.05, 4.69) is 16.0 Å². The molecule has 1 aromatic rings. The fourth-order valence-electron chi connectivity index (χ4n) is 2.23. The Hall–Kier alpha value is -2.12. The molecule has 0 radical (unpaired) electrons. The number of hydrogen-bond donors (Lipinski definition) is 3. The average Bonchev–Trinajstić information content (AvgIpc) is 2.53. The van der Waals surface area contributed by atoms with E-state index in [-0.39, 0.29) is 30.4 Å². The molecule has 0 spiro atoms. The number of anilines is 1. The summed E-state index contributed by atoms with van der Waals surface area (Å²) >= 11 is 0. The first kappa shape index (κ1) is 18.2. The van der Waals surface area contributed by atoms with Gasteiger partial charge in [0.1, 0.15) is 6.79 Å². The first-order valence-electron chi connectivity index (χ1n) is 8.01. The molecule has 24 heavy (non-hydrogen) atoms. The van der Waals surface area contributed by atoms with E-state index in [0.717, 1.165) is 6.42 Å². The van der Waals surface area contributed by atoms with Crippen molar-refractivity contribution >= 4 is 17.6 Å². The highest BCUT2D eigenvalue weighted by Gasteiger charge is 2.19. The summed E-state index contributed by atoms with van der Waals surface area (Å²) in [6, 6.07) is 6.53. The third-order valence-electron chi connectivity index (χ3n) is 3.37. The summed E-state index contributed by atoms with van der Waals surface area (Å²) in [5.41, 5.74) is 0.530. The summed E-state index contributed by atoms with van der Waals surface area (Å²) in [7, 11) is 0. The van der Waals surface area contributed by atoms with E-state index in [1.165, 1.54) is 0 Å². The van der Waals surface area contributed by atoms with Crippen LogP contribution >= 0.6 is 0 Å². The van der Waals surface area contributed by atoms with E-state index < -0.39 is 0 Å². The van der Waals surface area contributed by atoms with E-state index in [1.807, 2.05) is 20.8 Å². The van der Waals surface area contributed by atoms with Gasteiger partial charge in [0, 0.05) is 12.1 Å². The number of benzene rings is 1. The van der Waals surface area contributed by atoms with Crippen molar-refractivity contribution in [1.29, 1.82) is 0 Å². The first-order chi connectivity index (χ1) is 11.3. The van der Waals surface area contributed by atoms with Crippen LogP contribution in [-0.2, 0) is 9.47 Å². The molecule has 2 rings (SSSR count). The maximum absolute atomic E-state index is 12.4. The van der Waals surface area contributed by atoms with Crippen molar-refractivity contribution < 1.29 is 19.1 Å². The number of carbonyl (C=O) groups excluding carboxylic acids is 2. The first-order valence-corrected chi connectivity index (χ1v) is 8.01. The zero-order valence-electron chi connectivity index (χ0n) is 14.3. The Morgan fingerprint density at radius 3 is 2.67 bits per heavy atom. The predicted molar refractivity (Wildman–Crippen MR) is 91.0 cm³/mol. The second kappa shape index (κ2) is 8.12. The van der Waals surface area contributed by atoms with Crippen LogP contribution in [0.15, 0.2) is 24.3 Å². The Morgan fingerprint density at radius 1 is 1.25 bits per heavy atom. The smallest absolute Gasteiger partial charge is 0.319 e. The van der Waals surface area contributed by atoms with Crippen LogP contribution in [0, 0.1) is 0 Å². The van der Waals surface area contributed by atoms with Gasteiger partial charge in [-0.25, -0.2) is 4.79 Å². The Bertz CT molecular complexity index is 577. The van der Waals surface area contributed by atoms with Gasteiger partial charge in [0.2, 0.25) is 0 Å². The Labute approximate surface area is 142 Å². The number of hydrogen-bond acceptors (Lipinski definition) is 4. The second-order valence-electron chi connectivity index (χ2n) is 6.69. The molecule has 1 aromatic carbocycles. The molecule has 3 amide bonds. The van der Waals surface area contributed by atoms with Crippen LogP contribution in [-0.4, -0.2) is 43.5 Å². The zero-order chi connectivity index (χ0) is 17.6. The molecule has 0 unspecified atom stereocenters. The Balaban J connectivity index is 1.93. The molecule has 0 saturated carbocycles. The average molecular weight is 335 g/mol. The van der Waals surface area contributed by atoms with Crippen LogP contribution in [0.1, 0.15) is 37.6 Å². The molecule has 132 valence electrons. The normalized spacial score (nSPS) is 17.9. The van der Waals surface area contributed by atoms with Crippen LogP contribution in [0.3, 0.4) is 0 Å². The molecule has 0 bridgehead atoms. The molecule has 0 aliphatic carbocycles. The molecular weight excluding hydrogens is 310 g/mol. The fraction of sp³-hybridized carbons (Fsp3) is 0.529. The highest BCUT2D eigenvalue weighted by molar-refractivity contribution is 6.03. The molecule has 3 N–H and O–H groups in total. The van der Waals surface area contributed by atoms with Crippen molar-refractivity contribution in [1.82, 2.24) is 10.6 Å². The standard InChI is InChI=1S/C17H25N3O4/c1-17(2,3)20-15(21)13-6-4-5-7-14(13)19-16(22)18-10-12-8-9-23-11-24-12/h4-7,12H,8-11H2,1-3H3,(H,20,21)(H2,18,19,22)/t12-/m1/s1. The van der Waals surface area contributed by atoms with Gasteiger partial charge in [-0.1, -0.05) is 12.1 Å². The molecule has 1 aliphatic heterocycles. The lowest BCUT2D eigenvalue weighted by Gasteiger charge is -2.23. The number of amides is 3. The summed E-state index contributed by atoms with van der Waals surface area (Å²) in [4.78, 5) is 24.4. The quantitative estimate of drug-likeness (QED) is 0.786. The minimum Gasteiger partial charge on any atom is -0.355 e. The minimum absolute atomic E-state index is 0.0519. The van der Waals surface area contributed by atoms with E-state index in [9.17, 15) is 9.59 Å². The number of rotatable bonds is 4. The molecule has 1 atom stereocenters. The van der Waals surface area contributed by atoms with Gasteiger partial charge in [-0.05, 0) is 39.3 Å². The number of carbonyl (C=O) groups is 2. The van der Waals surface area contributed by atoms with Crippen molar-refractivity contribution in [2.75, 3.05) is 25.3 Å². The lowest BCUT2D eigenvalue weighted by atomic mass is 10.1. The Morgan fingerprint density at radius 2 is 2.00 bits per heavy atom. The second-order valence-corrected chi connectivity index (χ2v) is 6.69. The van der Waals surface area contributed by atoms with Crippen molar-refractivity contribution in [3.05, 3.63) is 29.8 Å². The summed E-state index contributed by atoms with van der Waals surface area (Å²) in [6.07, 6.45) is 0.689. The lowest BCUT2D eigenvalue weighted by molar-refractivity contribution is -0.136. The van der Waals surface area contributed by atoms with Gasteiger partial charge in [0.05, 0.1) is 24.0 Å². The summed E-state index contributed by atoms with van der Waals surface area (Å²) in [6.45, 7) is 6.99. The van der Waals surface area contributed by atoms with E-state index in [0.29, 0.717) is 24.4 Å².